The Morgan fingerprint density at radius 2 is 1.64 bits per heavy atom. The molecule has 1 aromatic rings. The van der Waals surface area contributed by atoms with Crippen molar-refractivity contribution in [1.82, 2.24) is 10.6 Å². The number of carbonyl (C=O) groups excluding carboxylic acids is 2. The second-order valence-corrected chi connectivity index (χ2v) is 7.71. The molecule has 1 fully saturated rings. The SMILES string of the molecule is CC(C)(C)C(=O)NCc1ccc(C(=O)NC2CCC(N)CC2)cc1.Cl. The first-order valence-electron chi connectivity index (χ1n) is 8.69. The average Bonchev–Trinajstić information content (AvgIpc) is 2.54. The summed E-state index contributed by atoms with van der Waals surface area (Å²) in [7, 11) is 0. The predicted molar refractivity (Wildman–Crippen MR) is 103 cm³/mol. The number of hydrogen-bond acceptors (Lipinski definition) is 3. The summed E-state index contributed by atoms with van der Waals surface area (Å²) in [6.45, 7) is 6.12. The van der Waals surface area contributed by atoms with E-state index >= 15 is 0 Å². The maximum Gasteiger partial charge on any atom is 0.251 e. The Labute approximate surface area is 156 Å². The monoisotopic (exact) mass is 367 g/mol. The minimum absolute atomic E-state index is 0. The average molecular weight is 368 g/mol. The first-order valence-corrected chi connectivity index (χ1v) is 8.69. The number of rotatable bonds is 4. The summed E-state index contributed by atoms with van der Waals surface area (Å²) < 4.78 is 0. The van der Waals surface area contributed by atoms with Crippen molar-refractivity contribution >= 4 is 24.2 Å². The number of halogens is 1. The lowest BCUT2D eigenvalue weighted by Crippen LogP contribution is -2.40. The van der Waals surface area contributed by atoms with Crippen molar-refractivity contribution in [3.63, 3.8) is 0 Å². The molecule has 6 heteroatoms. The van der Waals surface area contributed by atoms with Gasteiger partial charge in [-0.3, -0.25) is 9.59 Å². The highest BCUT2D eigenvalue weighted by molar-refractivity contribution is 5.94. The lowest BCUT2D eigenvalue weighted by molar-refractivity contribution is -0.128. The molecule has 1 aliphatic carbocycles. The van der Waals surface area contributed by atoms with E-state index in [1.807, 2.05) is 45.0 Å². The fourth-order valence-corrected chi connectivity index (χ4v) is 2.75. The third-order valence-corrected chi connectivity index (χ3v) is 4.46. The van der Waals surface area contributed by atoms with Gasteiger partial charge in [-0.1, -0.05) is 32.9 Å². The van der Waals surface area contributed by atoms with E-state index in [2.05, 4.69) is 10.6 Å². The largest absolute Gasteiger partial charge is 0.352 e. The molecule has 0 saturated heterocycles. The van der Waals surface area contributed by atoms with Gasteiger partial charge in [-0.05, 0) is 43.4 Å². The van der Waals surface area contributed by atoms with Crippen LogP contribution in [0.4, 0.5) is 0 Å². The molecule has 140 valence electrons. The van der Waals surface area contributed by atoms with Gasteiger partial charge in [0, 0.05) is 29.6 Å². The molecule has 0 atom stereocenters. The molecule has 1 aromatic carbocycles. The predicted octanol–water partition coefficient (Wildman–Crippen LogP) is 2.77. The minimum Gasteiger partial charge on any atom is -0.352 e. The second kappa shape index (κ2) is 9.20. The molecule has 0 spiro atoms. The van der Waals surface area contributed by atoms with E-state index in [9.17, 15) is 9.59 Å². The molecule has 0 heterocycles. The van der Waals surface area contributed by atoms with Crippen LogP contribution >= 0.6 is 12.4 Å². The van der Waals surface area contributed by atoms with Crippen molar-refractivity contribution in [3.05, 3.63) is 35.4 Å². The fraction of sp³-hybridized carbons (Fsp3) is 0.579. The van der Waals surface area contributed by atoms with Gasteiger partial charge in [0.25, 0.3) is 5.91 Å². The summed E-state index contributed by atoms with van der Waals surface area (Å²) in [6.07, 6.45) is 3.84. The van der Waals surface area contributed by atoms with Crippen LogP contribution in [0, 0.1) is 5.41 Å². The van der Waals surface area contributed by atoms with Crippen LogP contribution in [-0.4, -0.2) is 23.9 Å². The van der Waals surface area contributed by atoms with Crippen LogP contribution in [0.2, 0.25) is 0 Å². The zero-order chi connectivity index (χ0) is 17.7. The van der Waals surface area contributed by atoms with E-state index in [4.69, 9.17) is 5.73 Å². The molecule has 0 unspecified atom stereocenters. The lowest BCUT2D eigenvalue weighted by Gasteiger charge is -2.26. The van der Waals surface area contributed by atoms with Gasteiger partial charge in [-0.15, -0.1) is 12.4 Å². The zero-order valence-electron chi connectivity index (χ0n) is 15.3. The summed E-state index contributed by atoms with van der Waals surface area (Å²) >= 11 is 0. The summed E-state index contributed by atoms with van der Waals surface area (Å²) in [5, 5.41) is 5.99. The van der Waals surface area contributed by atoms with Gasteiger partial charge in [0.05, 0.1) is 0 Å². The number of amides is 2. The lowest BCUT2D eigenvalue weighted by atomic mass is 9.91. The van der Waals surface area contributed by atoms with Gasteiger partial charge < -0.3 is 16.4 Å². The summed E-state index contributed by atoms with van der Waals surface area (Å²) in [5.41, 5.74) is 7.12. The smallest absolute Gasteiger partial charge is 0.251 e. The van der Waals surface area contributed by atoms with E-state index in [0.29, 0.717) is 12.1 Å². The topological polar surface area (TPSA) is 84.2 Å². The number of nitrogens with one attached hydrogen (secondary N) is 2. The van der Waals surface area contributed by atoms with E-state index in [1.165, 1.54) is 0 Å². The van der Waals surface area contributed by atoms with Gasteiger partial charge in [0.15, 0.2) is 0 Å². The second-order valence-electron chi connectivity index (χ2n) is 7.71. The molecule has 25 heavy (non-hydrogen) atoms. The van der Waals surface area contributed by atoms with Crippen LogP contribution in [0.3, 0.4) is 0 Å². The van der Waals surface area contributed by atoms with Crippen molar-refractivity contribution in [2.24, 2.45) is 11.1 Å². The third kappa shape index (κ3) is 6.67. The Hall–Kier alpha value is -1.59. The van der Waals surface area contributed by atoms with Crippen LogP contribution in [0.1, 0.15) is 62.4 Å². The van der Waals surface area contributed by atoms with Gasteiger partial charge in [0.2, 0.25) is 5.91 Å². The molecule has 0 radical (unpaired) electrons. The molecular formula is C19H30ClN3O2. The Kier molecular flexibility index (Phi) is 7.90. The first-order chi connectivity index (χ1) is 11.3. The Morgan fingerprint density at radius 3 is 2.16 bits per heavy atom. The van der Waals surface area contributed by atoms with Crippen molar-refractivity contribution < 1.29 is 9.59 Å². The van der Waals surface area contributed by atoms with Crippen LogP contribution in [-0.2, 0) is 11.3 Å². The van der Waals surface area contributed by atoms with E-state index in [-0.39, 0.29) is 36.3 Å². The number of hydrogen-bond donors (Lipinski definition) is 3. The quantitative estimate of drug-likeness (QED) is 0.765. The first kappa shape index (κ1) is 21.5. The molecule has 0 bridgehead atoms. The van der Waals surface area contributed by atoms with E-state index < -0.39 is 5.41 Å². The molecule has 2 amide bonds. The van der Waals surface area contributed by atoms with Crippen molar-refractivity contribution in [2.75, 3.05) is 0 Å². The van der Waals surface area contributed by atoms with Crippen molar-refractivity contribution in [1.29, 1.82) is 0 Å². The van der Waals surface area contributed by atoms with Gasteiger partial charge in [-0.2, -0.15) is 0 Å². The Bertz CT molecular complexity index is 573. The standard InChI is InChI=1S/C19H29N3O2.ClH/c1-19(2,3)18(24)21-12-13-4-6-14(7-5-13)17(23)22-16-10-8-15(20)9-11-16;/h4-7,15-16H,8-12,20H2,1-3H3,(H,21,24)(H,22,23);1H. The van der Waals surface area contributed by atoms with Crippen LogP contribution < -0.4 is 16.4 Å². The Balaban J connectivity index is 0.00000312. The maximum atomic E-state index is 12.3. The fourth-order valence-electron chi connectivity index (χ4n) is 2.75. The van der Waals surface area contributed by atoms with Crippen molar-refractivity contribution in [2.45, 2.75) is 65.1 Å². The van der Waals surface area contributed by atoms with Gasteiger partial charge >= 0.3 is 0 Å². The molecule has 0 aromatic heterocycles. The van der Waals surface area contributed by atoms with Gasteiger partial charge in [-0.25, -0.2) is 0 Å². The molecule has 1 aliphatic rings. The van der Waals surface area contributed by atoms with Crippen molar-refractivity contribution in [3.8, 4) is 0 Å². The van der Waals surface area contributed by atoms with Crippen LogP contribution in [0.5, 0.6) is 0 Å². The summed E-state index contributed by atoms with van der Waals surface area (Å²) in [6, 6.07) is 7.89. The molecule has 1 saturated carbocycles. The highest BCUT2D eigenvalue weighted by Gasteiger charge is 2.21. The zero-order valence-corrected chi connectivity index (χ0v) is 16.1. The number of benzene rings is 1. The molecular weight excluding hydrogens is 338 g/mol. The molecule has 2 rings (SSSR count). The van der Waals surface area contributed by atoms with E-state index in [0.717, 1.165) is 31.2 Å². The molecule has 5 nitrogen and oxygen atoms in total. The van der Waals surface area contributed by atoms with Gasteiger partial charge in [0.1, 0.15) is 0 Å². The normalized spacial score (nSPS) is 20.3. The Morgan fingerprint density at radius 1 is 1.08 bits per heavy atom. The van der Waals surface area contributed by atoms with Crippen LogP contribution in [0.15, 0.2) is 24.3 Å². The number of nitrogens with two attached hydrogens (primary N) is 1. The molecule has 4 N–H and O–H groups in total. The highest BCUT2D eigenvalue weighted by atomic mass is 35.5. The molecule has 0 aliphatic heterocycles. The highest BCUT2D eigenvalue weighted by Crippen LogP contribution is 2.17. The van der Waals surface area contributed by atoms with Crippen LogP contribution in [0.25, 0.3) is 0 Å². The van der Waals surface area contributed by atoms with E-state index in [1.54, 1.807) is 0 Å². The maximum absolute atomic E-state index is 12.3. The summed E-state index contributed by atoms with van der Waals surface area (Å²) in [5.74, 6) is -0.0272. The minimum atomic E-state index is -0.400. The third-order valence-electron chi connectivity index (χ3n) is 4.46. The number of carbonyl (C=O) groups is 2. The summed E-state index contributed by atoms with van der Waals surface area (Å²) in [4.78, 5) is 24.2.